The number of amides is 2. The minimum absolute atomic E-state index is 0.192. The van der Waals surface area contributed by atoms with Gasteiger partial charge in [0.15, 0.2) is 0 Å². The second-order valence-electron chi connectivity index (χ2n) is 5.13. The van der Waals surface area contributed by atoms with Gasteiger partial charge in [-0.15, -0.1) is 0 Å². The number of carboxylic acid groups (broad SMARTS) is 1. The largest absolute Gasteiger partial charge is 0.479 e. The number of alkyl halides is 3. The minimum atomic E-state index is -5.08. The van der Waals surface area contributed by atoms with Gasteiger partial charge in [0.2, 0.25) is 5.54 Å². The Bertz CT molecular complexity index is 397. The molecule has 0 spiro atoms. The van der Waals surface area contributed by atoms with Crippen molar-refractivity contribution in [3.05, 3.63) is 0 Å². The number of carboxylic acids is 1. The molecular weight excluding hydrogens is 291 g/mol. The molecule has 0 radical (unpaired) electrons. The lowest BCUT2D eigenvalue weighted by molar-refractivity contribution is -0.203. The number of piperidine rings is 1. The van der Waals surface area contributed by atoms with Crippen molar-refractivity contribution in [2.24, 2.45) is 0 Å². The number of nitrogens with one attached hydrogen (secondary N) is 2. The maximum atomic E-state index is 12.9. The van der Waals surface area contributed by atoms with E-state index in [0.717, 1.165) is 0 Å². The maximum Gasteiger partial charge on any atom is 0.422 e. The molecule has 21 heavy (non-hydrogen) atoms. The highest BCUT2D eigenvalue weighted by atomic mass is 19.4. The fraction of sp³-hybridized carbons (Fsp3) is 0.833. The van der Waals surface area contributed by atoms with Gasteiger partial charge >= 0.3 is 18.2 Å². The predicted octanol–water partition coefficient (Wildman–Crippen LogP) is 1.18. The zero-order chi connectivity index (χ0) is 16.3. The highest BCUT2D eigenvalue weighted by molar-refractivity contribution is 5.86. The van der Waals surface area contributed by atoms with Gasteiger partial charge in [-0.1, -0.05) is 0 Å². The van der Waals surface area contributed by atoms with Crippen molar-refractivity contribution < 1.29 is 27.9 Å². The van der Waals surface area contributed by atoms with Crippen LogP contribution in [0.2, 0.25) is 0 Å². The quantitative estimate of drug-likeness (QED) is 0.728. The average Bonchev–Trinajstić information content (AvgIpc) is 2.39. The number of rotatable bonds is 4. The molecule has 0 aromatic carbocycles. The fourth-order valence-electron chi connectivity index (χ4n) is 2.22. The summed E-state index contributed by atoms with van der Waals surface area (Å²) in [5.41, 5.74) is -3.30. The Kier molecular flexibility index (Phi) is 5.43. The van der Waals surface area contributed by atoms with Gasteiger partial charge in [-0.25, -0.2) is 9.59 Å². The van der Waals surface area contributed by atoms with E-state index in [0.29, 0.717) is 32.9 Å². The lowest BCUT2D eigenvalue weighted by atomic mass is 10.0. The smallest absolute Gasteiger partial charge is 0.422 e. The molecule has 0 saturated carbocycles. The number of halogens is 3. The molecule has 6 nitrogen and oxygen atoms in total. The lowest BCUT2D eigenvalue weighted by Crippen LogP contribution is -2.65. The Hall–Kier alpha value is -1.51. The number of aliphatic carboxylic acids is 1. The molecule has 9 heteroatoms. The third-order valence-electron chi connectivity index (χ3n) is 3.70. The van der Waals surface area contributed by atoms with E-state index in [2.05, 4.69) is 5.32 Å². The van der Waals surface area contributed by atoms with E-state index < -0.39 is 23.7 Å². The number of hydrogen-bond acceptors (Lipinski definition) is 3. The van der Waals surface area contributed by atoms with Crippen LogP contribution in [0.4, 0.5) is 18.0 Å². The number of urea groups is 1. The van der Waals surface area contributed by atoms with Crippen molar-refractivity contribution in [2.75, 3.05) is 19.6 Å². The zero-order valence-electron chi connectivity index (χ0n) is 12.0. The molecule has 1 atom stereocenters. The summed E-state index contributed by atoms with van der Waals surface area (Å²) in [6.45, 7) is 3.65. The molecule has 0 aromatic heterocycles. The second-order valence-corrected chi connectivity index (χ2v) is 5.13. The first kappa shape index (κ1) is 17.5. The molecule has 1 unspecified atom stereocenters. The monoisotopic (exact) mass is 311 g/mol. The maximum absolute atomic E-state index is 12.9. The van der Waals surface area contributed by atoms with Crippen LogP contribution >= 0.6 is 0 Å². The van der Waals surface area contributed by atoms with Gasteiger partial charge in [0.1, 0.15) is 0 Å². The third-order valence-corrected chi connectivity index (χ3v) is 3.70. The molecule has 1 saturated heterocycles. The standard InChI is InChI=1S/C12H20F3N3O3/c1-3-18(8-4-6-16-7-5-8)10(21)17-11(2,9(19)20)12(13,14)15/h8,16H,3-7H2,1-2H3,(H,17,21)(H,19,20). The number of nitrogens with zero attached hydrogens (tertiary/aromatic N) is 1. The Morgan fingerprint density at radius 3 is 2.24 bits per heavy atom. The van der Waals surface area contributed by atoms with Crippen molar-refractivity contribution in [2.45, 2.75) is 44.4 Å². The van der Waals surface area contributed by atoms with E-state index >= 15 is 0 Å². The van der Waals surface area contributed by atoms with Crippen molar-refractivity contribution >= 4 is 12.0 Å². The molecule has 0 bridgehead atoms. The van der Waals surface area contributed by atoms with E-state index in [9.17, 15) is 22.8 Å². The number of hydrogen-bond donors (Lipinski definition) is 3. The topological polar surface area (TPSA) is 81.7 Å². The fourth-order valence-corrected chi connectivity index (χ4v) is 2.22. The van der Waals surface area contributed by atoms with Crippen LogP contribution in [0.25, 0.3) is 0 Å². The van der Waals surface area contributed by atoms with Crippen LogP contribution in [0.5, 0.6) is 0 Å². The summed E-state index contributed by atoms with van der Waals surface area (Å²) in [4.78, 5) is 24.3. The molecule has 3 N–H and O–H groups in total. The van der Waals surface area contributed by atoms with Gasteiger partial charge in [0.25, 0.3) is 0 Å². The van der Waals surface area contributed by atoms with Crippen LogP contribution in [-0.4, -0.2) is 59.4 Å². The van der Waals surface area contributed by atoms with Gasteiger partial charge in [-0.3, -0.25) is 0 Å². The first-order valence-electron chi connectivity index (χ1n) is 6.73. The summed E-state index contributed by atoms with van der Waals surface area (Å²) in [6.07, 6.45) is -3.84. The van der Waals surface area contributed by atoms with E-state index in [-0.39, 0.29) is 12.6 Å². The molecular formula is C12H20F3N3O3. The van der Waals surface area contributed by atoms with E-state index in [1.807, 2.05) is 0 Å². The van der Waals surface area contributed by atoms with Crippen LogP contribution < -0.4 is 10.6 Å². The zero-order valence-corrected chi connectivity index (χ0v) is 12.0. The molecule has 0 aromatic rings. The van der Waals surface area contributed by atoms with Gasteiger partial charge in [-0.2, -0.15) is 13.2 Å². The lowest BCUT2D eigenvalue weighted by Gasteiger charge is -2.37. The van der Waals surface area contributed by atoms with E-state index in [1.54, 1.807) is 12.2 Å². The average molecular weight is 311 g/mol. The van der Waals surface area contributed by atoms with Crippen molar-refractivity contribution in [1.82, 2.24) is 15.5 Å². The third kappa shape index (κ3) is 3.78. The molecule has 0 aliphatic carbocycles. The van der Waals surface area contributed by atoms with Crippen molar-refractivity contribution in [3.63, 3.8) is 0 Å². The van der Waals surface area contributed by atoms with Crippen LogP contribution in [0.15, 0.2) is 0 Å². The summed E-state index contributed by atoms with van der Waals surface area (Å²) < 4.78 is 38.7. The van der Waals surface area contributed by atoms with Crippen LogP contribution in [0.3, 0.4) is 0 Å². The number of carbonyl (C=O) groups excluding carboxylic acids is 1. The van der Waals surface area contributed by atoms with Crippen LogP contribution in [0, 0.1) is 0 Å². The highest BCUT2D eigenvalue weighted by Gasteiger charge is 2.59. The predicted molar refractivity (Wildman–Crippen MR) is 68.9 cm³/mol. The first-order valence-corrected chi connectivity index (χ1v) is 6.73. The second kappa shape index (κ2) is 6.50. The minimum Gasteiger partial charge on any atom is -0.479 e. The normalized spacial score (nSPS) is 19.7. The summed E-state index contributed by atoms with van der Waals surface area (Å²) in [7, 11) is 0. The summed E-state index contributed by atoms with van der Waals surface area (Å²) >= 11 is 0. The van der Waals surface area contributed by atoms with Crippen LogP contribution in [0.1, 0.15) is 26.7 Å². The molecule has 1 rings (SSSR count). The summed E-state index contributed by atoms with van der Waals surface area (Å²) in [6, 6.07) is -1.20. The van der Waals surface area contributed by atoms with Crippen molar-refractivity contribution in [3.8, 4) is 0 Å². The van der Waals surface area contributed by atoms with Gasteiger partial charge < -0.3 is 20.6 Å². The van der Waals surface area contributed by atoms with Gasteiger partial charge in [-0.05, 0) is 39.8 Å². The molecule has 1 aliphatic heterocycles. The Balaban J connectivity index is 2.87. The molecule has 122 valence electrons. The highest BCUT2D eigenvalue weighted by Crippen LogP contribution is 2.30. The molecule has 2 amide bonds. The van der Waals surface area contributed by atoms with E-state index in [1.165, 1.54) is 4.90 Å². The van der Waals surface area contributed by atoms with Gasteiger partial charge in [0.05, 0.1) is 0 Å². The summed E-state index contributed by atoms with van der Waals surface area (Å²) in [5, 5.41) is 13.5. The molecule has 1 heterocycles. The van der Waals surface area contributed by atoms with Crippen LogP contribution in [-0.2, 0) is 4.79 Å². The van der Waals surface area contributed by atoms with Gasteiger partial charge in [0, 0.05) is 12.6 Å². The number of carbonyl (C=O) groups is 2. The SMILES string of the molecule is CCN(C(=O)NC(C)(C(=O)O)C(F)(F)F)C1CCNCC1. The Labute approximate surface area is 120 Å². The summed E-state index contributed by atoms with van der Waals surface area (Å²) in [5.74, 6) is -2.13. The first-order chi connectivity index (χ1) is 9.63. The van der Waals surface area contributed by atoms with Crippen molar-refractivity contribution in [1.29, 1.82) is 0 Å². The molecule has 1 aliphatic rings. The van der Waals surface area contributed by atoms with E-state index in [4.69, 9.17) is 5.11 Å². The Morgan fingerprint density at radius 2 is 1.86 bits per heavy atom. The molecule has 1 fully saturated rings. The Morgan fingerprint density at radius 1 is 1.33 bits per heavy atom.